The van der Waals surface area contributed by atoms with Crippen molar-refractivity contribution in [2.24, 2.45) is 11.5 Å². The summed E-state index contributed by atoms with van der Waals surface area (Å²) >= 11 is 0. The van der Waals surface area contributed by atoms with Crippen molar-refractivity contribution in [3.05, 3.63) is 0 Å². The van der Waals surface area contributed by atoms with E-state index < -0.39 is 11.9 Å². The Balaban J connectivity index is 3.50. The van der Waals surface area contributed by atoms with E-state index in [-0.39, 0.29) is 18.6 Å². The van der Waals surface area contributed by atoms with E-state index in [4.69, 9.17) is 11.5 Å². The normalized spacial score (nSPS) is 12.6. The number of amides is 1. The molecule has 4 heteroatoms. The number of carbonyl (C=O) groups is 2. The fraction of sp³-hybridized carbons (Fsp3) is 0.667. The van der Waals surface area contributed by atoms with Crippen LogP contribution in [0.3, 0.4) is 0 Å². The minimum atomic E-state index is -0.487. The van der Waals surface area contributed by atoms with E-state index in [0.29, 0.717) is 0 Å². The highest BCUT2D eigenvalue weighted by Crippen LogP contribution is 1.92. The van der Waals surface area contributed by atoms with Crippen LogP contribution >= 0.6 is 0 Å². The minimum Gasteiger partial charge on any atom is -0.370 e. The average molecular weight is 144 g/mol. The summed E-state index contributed by atoms with van der Waals surface area (Å²) in [5.41, 5.74) is 10.0. The molecule has 0 bridgehead atoms. The predicted molar refractivity (Wildman–Crippen MR) is 37.1 cm³/mol. The first-order chi connectivity index (χ1) is 4.54. The summed E-state index contributed by atoms with van der Waals surface area (Å²) in [7, 11) is 0. The second-order valence-electron chi connectivity index (χ2n) is 2.22. The SMILES string of the molecule is CC(N)C(=O)CCC(N)=O. The van der Waals surface area contributed by atoms with Gasteiger partial charge >= 0.3 is 0 Å². The molecule has 4 N–H and O–H groups in total. The van der Waals surface area contributed by atoms with Gasteiger partial charge in [-0.1, -0.05) is 0 Å². The molecule has 0 aliphatic heterocycles. The van der Waals surface area contributed by atoms with Crippen molar-refractivity contribution in [2.45, 2.75) is 25.8 Å². The van der Waals surface area contributed by atoms with Crippen LogP contribution in [-0.4, -0.2) is 17.7 Å². The molecule has 0 rings (SSSR count). The van der Waals surface area contributed by atoms with Gasteiger partial charge in [-0.15, -0.1) is 0 Å². The molecule has 0 aromatic carbocycles. The molecule has 0 radical (unpaired) electrons. The number of primary amides is 1. The molecule has 10 heavy (non-hydrogen) atoms. The molecule has 0 spiro atoms. The van der Waals surface area contributed by atoms with Gasteiger partial charge in [-0.3, -0.25) is 9.59 Å². The summed E-state index contributed by atoms with van der Waals surface area (Å²) in [6.07, 6.45) is 0.257. The molecular formula is C6H12N2O2. The molecule has 1 unspecified atom stereocenters. The van der Waals surface area contributed by atoms with Crippen LogP contribution in [0, 0.1) is 0 Å². The molecule has 1 atom stereocenters. The maximum absolute atomic E-state index is 10.7. The maximum atomic E-state index is 10.7. The average Bonchev–Trinajstić information content (AvgIpc) is 1.82. The van der Waals surface area contributed by atoms with Gasteiger partial charge in [0.2, 0.25) is 5.91 Å². The lowest BCUT2D eigenvalue weighted by molar-refractivity contribution is -0.124. The summed E-state index contributed by atoms with van der Waals surface area (Å²) in [6.45, 7) is 1.59. The number of Topliss-reactive ketones (excluding diaryl/α,β-unsaturated/α-hetero) is 1. The van der Waals surface area contributed by atoms with Crippen LogP contribution in [0.5, 0.6) is 0 Å². The molecular weight excluding hydrogens is 132 g/mol. The van der Waals surface area contributed by atoms with Gasteiger partial charge in [-0.2, -0.15) is 0 Å². The molecule has 0 aromatic rings. The molecule has 0 aliphatic rings. The zero-order chi connectivity index (χ0) is 8.15. The van der Waals surface area contributed by atoms with Gasteiger partial charge in [0.05, 0.1) is 6.04 Å². The summed E-state index contributed by atoms with van der Waals surface area (Å²) in [5, 5.41) is 0. The Labute approximate surface area is 59.6 Å². The van der Waals surface area contributed by atoms with E-state index in [1.807, 2.05) is 0 Å². The van der Waals surface area contributed by atoms with Gasteiger partial charge in [-0.05, 0) is 6.92 Å². The highest BCUT2D eigenvalue weighted by atomic mass is 16.1. The Morgan fingerprint density at radius 3 is 2.20 bits per heavy atom. The number of ketones is 1. The van der Waals surface area contributed by atoms with Gasteiger partial charge in [0, 0.05) is 12.8 Å². The van der Waals surface area contributed by atoms with E-state index >= 15 is 0 Å². The molecule has 0 aliphatic carbocycles. The molecule has 4 nitrogen and oxygen atoms in total. The first-order valence-electron chi connectivity index (χ1n) is 3.10. The Kier molecular flexibility index (Phi) is 3.64. The quantitative estimate of drug-likeness (QED) is 0.539. The van der Waals surface area contributed by atoms with E-state index in [9.17, 15) is 9.59 Å². The molecule has 1 amide bonds. The molecule has 0 saturated carbocycles. The Morgan fingerprint density at radius 1 is 1.40 bits per heavy atom. The van der Waals surface area contributed by atoms with Crippen LogP contribution in [0.2, 0.25) is 0 Å². The lowest BCUT2D eigenvalue weighted by atomic mass is 10.1. The van der Waals surface area contributed by atoms with Crippen LogP contribution in [0.1, 0.15) is 19.8 Å². The molecule has 0 aromatic heterocycles. The van der Waals surface area contributed by atoms with E-state index in [1.165, 1.54) is 0 Å². The number of nitrogens with two attached hydrogens (primary N) is 2. The van der Waals surface area contributed by atoms with Crippen molar-refractivity contribution in [2.75, 3.05) is 0 Å². The first kappa shape index (κ1) is 9.10. The third kappa shape index (κ3) is 4.03. The highest BCUT2D eigenvalue weighted by Gasteiger charge is 2.07. The fourth-order valence-corrected chi connectivity index (χ4v) is 0.474. The lowest BCUT2D eigenvalue weighted by Gasteiger charge is -2.00. The summed E-state index contributed by atoms with van der Waals surface area (Å²) < 4.78 is 0. The van der Waals surface area contributed by atoms with Crippen molar-refractivity contribution >= 4 is 11.7 Å². The van der Waals surface area contributed by atoms with Gasteiger partial charge < -0.3 is 11.5 Å². The van der Waals surface area contributed by atoms with Gasteiger partial charge in [-0.25, -0.2) is 0 Å². The number of carbonyl (C=O) groups excluding carboxylic acids is 2. The Morgan fingerprint density at radius 2 is 1.90 bits per heavy atom. The van der Waals surface area contributed by atoms with Gasteiger partial charge in [0.25, 0.3) is 0 Å². The first-order valence-corrected chi connectivity index (χ1v) is 3.10. The van der Waals surface area contributed by atoms with Crippen LogP contribution in [-0.2, 0) is 9.59 Å². The molecule has 58 valence electrons. The van der Waals surface area contributed by atoms with Gasteiger partial charge in [0.15, 0.2) is 0 Å². The second kappa shape index (κ2) is 4.00. The molecule has 0 fully saturated rings. The second-order valence-corrected chi connectivity index (χ2v) is 2.22. The molecule has 0 saturated heterocycles. The smallest absolute Gasteiger partial charge is 0.217 e. The van der Waals surface area contributed by atoms with E-state index in [0.717, 1.165) is 0 Å². The number of hydrogen-bond acceptors (Lipinski definition) is 3. The van der Waals surface area contributed by atoms with Crippen LogP contribution in [0.25, 0.3) is 0 Å². The number of rotatable bonds is 4. The van der Waals surface area contributed by atoms with Crippen LogP contribution in [0.15, 0.2) is 0 Å². The van der Waals surface area contributed by atoms with Crippen molar-refractivity contribution in [1.82, 2.24) is 0 Å². The number of hydrogen-bond donors (Lipinski definition) is 2. The standard InChI is InChI=1S/C6H12N2O2/c1-4(7)5(9)2-3-6(8)10/h4H,2-3,7H2,1H3,(H2,8,10). The summed E-state index contributed by atoms with van der Waals surface area (Å²) in [4.78, 5) is 20.9. The van der Waals surface area contributed by atoms with Crippen molar-refractivity contribution in [3.8, 4) is 0 Å². The topological polar surface area (TPSA) is 86.2 Å². The Hall–Kier alpha value is -0.900. The van der Waals surface area contributed by atoms with Crippen molar-refractivity contribution < 1.29 is 9.59 Å². The van der Waals surface area contributed by atoms with E-state index in [1.54, 1.807) is 6.92 Å². The predicted octanol–water partition coefficient (Wildman–Crippen LogP) is -0.832. The zero-order valence-electron chi connectivity index (χ0n) is 5.96. The highest BCUT2D eigenvalue weighted by molar-refractivity contribution is 5.87. The minimum absolute atomic E-state index is 0.0976. The van der Waals surface area contributed by atoms with Gasteiger partial charge in [0.1, 0.15) is 5.78 Å². The van der Waals surface area contributed by atoms with Crippen molar-refractivity contribution in [1.29, 1.82) is 0 Å². The van der Waals surface area contributed by atoms with Crippen molar-refractivity contribution in [3.63, 3.8) is 0 Å². The summed E-state index contributed by atoms with van der Waals surface area (Å²) in [6, 6.07) is -0.487. The third-order valence-corrected chi connectivity index (χ3v) is 1.13. The largest absolute Gasteiger partial charge is 0.370 e. The van der Waals surface area contributed by atoms with Crippen LogP contribution < -0.4 is 11.5 Å². The monoisotopic (exact) mass is 144 g/mol. The lowest BCUT2D eigenvalue weighted by Crippen LogP contribution is -2.27. The maximum Gasteiger partial charge on any atom is 0.217 e. The fourth-order valence-electron chi connectivity index (χ4n) is 0.474. The molecule has 0 heterocycles. The van der Waals surface area contributed by atoms with E-state index in [2.05, 4.69) is 0 Å². The Bertz CT molecular complexity index is 143. The summed E-state index contributed by atoms with van der Waals surface area (Å²) in [5.74, 6) is -0.590. The third-order valence-electron chi connectivity index (χ3n) is 1.13. The van der Waals surface area contributed by atoms with Crippen LogP contribution in [0.4, 0.5) is 0 Å². The zero-order valence-corrected chi connectivity index (χ0v) is 5.96.